The number of benzene rings is 2. The molecule has 14 rings (SSSR count). The van der Waals surface area contributed by atoms with Gasteiger partial charge in [0, 0.05) is 131 Å². The molecular weight excluding hydrogens is 1450 g/mol. The number of carbonyl (C=O) groups is 4. The fourth-order valence-electron chi connectivity index (χ4n) is 12.9. The number of amides is 4. The van der Waals surface area contributed by atoms with Crippen LogP contribution in [0.15, 0.2) is 170 Å². The Morgan fingerprint density at radius 3 is 1.53 bits per heavy atom. The molecule has 26 heteroatoms. The molecule has 2 aromatic carbocycles. The molecule has 7 aromatic heterocycles. The summed E-state index contributed by atoms with van der Waals surface area (Å²) in [4.78, 5) is 97.7. The van der Waals surface area contributed by atoms with E-state index in [9.17, 15) is 23.6 Å². The Hall–Kier alpha value is -11.7. The number of pyridine rings is 4. The van der Waals surface area contributed by atoms with Crippen LogP contribution < -0.4 is 22.9 Å². The number of halogens is 1. The minimum atomic E-state index is -1.79. The Balaban J connectivity index is 0.000000146. The average molecular weight is 1530 g/mol. The number of alkyl halides is 1. The van der Waals surface area contributed by atoms with Crippen molar-refractivity contribution in [3.05, 3.63) is 204 Å². The first kappa shape index (κ1) is 78.4. The van der Waals surface area contributed by atoms with Crippen molar-refractivity contribution in [1.29, 1.82) is 0 Å². The van der Waals surface area contributed by atoms with Crippen molar-refractivity contribution < 1.29 is 23.6 Å². The second-order valence-electron chi connectivity index (χ2n) is 27.1. The molecule has 5 aliphatic rings. The number of hydrogen-bond donors (Lipinski definition) is 4. The lowest BCUT2D eigenvalue weighted by molar-refractivity contribution is -0.135. The molecular formula is C83H82FN17O4S4. The molecule has 1 aliphatic carbocycles. The van der Waals surface area contributed by atoms with Crippen LogP contribution in [0.25, 0.3) is 44.8 Å². The maximum absolute atomic E-state index is 14.7. The van der Waals surface area contributed by atoms with Crippen LogP contribution in [0.3, 0.4) is 0 Å². The smallest absolute Gasteiger partial charge is 0.266 e. The summed E-state index contributed by atoms with van der Waals surface area (Å²) in [6, 6.07) is 30.0. The van der Waals surface area contributed by atoms with Crippen molar-refractivity contribution in [2.45, 2.75) is 120 Å². The molecule has 0 bridgehead atoms. The number of rotatable bonds is 11. The van der Waals surface area contributed by atoms with E-state index < -0.39 is 40.2 Å². The molecule has 0 radical (unpaired) electrons. The number of nitrogens with zero attached hydrogens (tertiary/aromatic N) is 13. The van der Waals surface area contributed by atoms with Crippen molar-refractivity contribution >= 4 is 93.2 Å². The summed E-state index contributed by atoms with van der Waals surface area (Å²) < 4.78 is 14.7. The molecule has 8 N–H and O–H groups in total. The SMILES string of the molecule is CC#Cc1cccc(-c2csc([C@]3(C)CC(=O)N(C)C(N)=N3)n2)c1.CC#Cc1cncc(-c2cc([C@@]3(C)N=C(N)N(C)C(=O)[C@@H]3c3ccc(C4CC4)cc3)ccn2)c1.CC#Cc1cncc(-c2csc([C@@]3(C)N=C(N)N(C)C(=O)C3SC)c2)c1.CC#Cc1cncc(-c2csc([C@@]3(C)N=C(N)N(C)C(=O)[C@@H]3F)c2)c1. The first-order chi connectivity index (χ1) is 52.1. The summed E-state index contributed by atoms with van der Waals surface area (Å²) in [6.07, 6.45) is 15.1. The summed E-state index contributed by atoms with van der Waals surface area (Å²) in [5, 5.41) is 6.40. The van der Waals surface area contributed by atoms with Gasteiger partial charge in [-0.05, 0) is 174 Å². The van der Waals surface area contributed by atoms with E-state index in [1.165, 1.54) is 74.6 Å². The van der Waals surface area contributed by atoms with E-state index in [-0.39, 0.29) is 53.2 Å². The van der Waals surface area contributed by atoms with Gasteiger partial charge < -0.3 is 22.9 Å². The summed E-state index contributed by atoms with van der Waals surface area (Å²) >= 11 is 5.92. The normalized spacial score (nSPS) is 22.1. The second kappa shape index (κ2) is 32.8. The van der Waals surface area contributed by atoms with Gasteiger partial charge >= 0.3 is 0 Å². The van der Waals surface area contributed by atoms with E-state index in [0.29, 0.717) is 10.8 Å². The molecule has 0 saturated heterocycles. The zero-order valence-electron chi connectivity index (χ0n) is 62.6. The number of thiophene rings is 2. The van der Waals surface area contributed by atoms with Gasteiger partial charge in [-0.15, -0.1) is 69.5 Å². The molecule has 1 fully saturated rings. The number of nitrogens with two attached hydrogens (primary N) is 4. The Morgan fingerprint density at radius 2 is 0.982 bits per heavy atom. The minimum Gasteiger partial charge on any atom is -0.369 e. The molecule has 11 heterocycles. The van der Waals surface area contributed by atoms with Crippen molar-refractivity contribution in [3.63, 3.8) is 0 Å². The molecule has 4 amide bonds. The van der Waals surface area contributed by atoms with Crippen molar-refractivity contribution in [2.75, 3.05) is 34.4 Å². The molecule has 109 heavy (non-hydrogen) atoms. The van der Waals surface area contributed by atoms with Gasteiger partial charge in [-0.25, -0.2) is 29.3 Å². The minimum absolute atomic E-state index is 0.0123. The van der Waals surface area contributed by atoms with E-state index in [2.05, 4.69) is 118 Å². The fourth-order valence-corrected chi connectivity index (χ4v) is 17.0. The van der Waals surface area contributed by atoms with Gasteiger partial charge in [-0.2, -0.15) is 0 Å². The molecule has 7 atom stereocenters. The van der Waals surface area contributed by atoms with Crippen molar-refractivity contribution in [2.24, 2.45) is 42.9 Å². The molecule has 4 aliphatic heterocycles. The molecule has 1 unspecified atom stereocenters. The lowest BCUT2D eigenvalue weighted by Crippen LogP contribution is -2.55. The van der Waals surface area contributed by atoms with Crippen LogP contribution in [0.5, 0.6) is 0 Å². The van der Waals surface area contributed by atoms with Crippen LogP contribution in [0, 0.1) is 47.4 Å². The van der Waals surface area contributed by atoms with Crippen LogP contribution in [0.4, 0.5) is 4.39 Å². The van der Waals surface area contributed by atoms with Crippen LogP contribution in [0.1, 0.15) is 140 Å². The Bertz CT molecular complexity index is 5420. The highest BCUT2D eigenvalue weighted by atomic mass is 32.2. The molecule has 0 spiro atoms. The average Bonchev–Trinajstić information content (AvgIpc) is 1.26. The first-order valence-electron chi connectivity index (χ1n) is 34.7. The maximum atomic E-state index is 14.7. The largest absolute Gasteiger partial charge is 0.369 e. The summed E-state index contributed by atoms with van der Waals surface area (Å²) in [5.41, 5.74) is 34.1. The molecule has 9 aromatic rings. The summed E-state index contributed by atoms with van der Waals surface area (Å²) in [7, 11) is 6.39. The standard InChI is InChI=1S/C28H27N5O.C19H20N4OS2.C18H17FN4OS.C18H18N4OS/c1-4-5-18-14-22(17-30-16-18)24-15-23(12-13-31-24)28(2)25(26(34)33(3)27(29)32-28)21-10-8-20(9-11-21)19-6-7-19;1-5-6-12-7-13(10-21-9-12)14-8-15(26-11-14)19(2)16(25-4)17(24)23(3)18(20)22-19;1-4-5-11-6-12(9-21-8-11)13-7-14(25-10-13)18(2)15(19)16(24)23(3)17(20)22-18;1-4-6-12-7-5-8-13(9-12)14-11-24-16(20-14)18(2)10-15(23)22(3)17(19)21-18/h8-17,19,25H,6-7H2,1-3H3,(H2,29,32);7-11,16H,1-4H3,(H2,20,22);6-10,15H,1-3H3,(H2,20,22);5,7-9,11H,10H2,1-3H3,(H2,19,21)/t25-,28+;16?,19-;15-,18+;18-/m0100/s1. The van der Waals surface area contributed by atoms with Crippen molar-refractivity contribution in [1.82, 2.24) is 44.5 Å². The number of aliphatic imine (C=N–C) groups is 4. The van der Waals surface area contributed by atoms with Crippen molar-refractivity contribution in [3.8, 4) is 92.1 Å². The summed E-state index contributed by atoms with van der Waals surface area (Å²) in [5.74, 6) is 23.6. The number of likely N-dealkylation sites (N-methyl/N-ethyl adjacent to an activating group) is 1. The van der Waals surface area contributed by atoms with Gasteiger partial charge in [0.2, 0.25) is 23.9 Å². The summed E-state index contributed by atoms with van der Waals surface area (Å²) in [6.45, 7) is 14.6. The fraction of sp³-hybridized carbons (Fsp3) is 0.289. The van der Waals surface area contributed by atoms with Gasteiger partial charge in [0.25, 0.3) is 5.91 Å². The number of hydrogen-bond acceptors (Lipinski definition) is 21. The quantitative estimate of drug-likeness (QED) is 0.0876. The highest BCUT2D eigenvalue weighted by Gasteiger charge is 2.50. The third kappa shape index (κ3) is 16.6. The zero-order chi connectivity index (χ0) is 78.3. The number of carbonyl (C=O) groups excluding carboxylic acids is 4. The van der Waals surface area contributed by atoms with Crippen LogP contribution in [-0.2, 0) is 41.3 Å². The predicted octanol–water partition coefficient (Wildman–Crippen LogP) is 12.2. The first-order valence-corrected chi connectivity index (χ1v) is 38.6. The zero-order valence-corrected chi connectivity index (χ0v) is 65.9. The lowest BCUT2D eigenvalue weighted by atomic mass is 9.74. The van der Waals surface area contributed by atoms with Gasteiger partial charge in [0.05, 0.1) is 23.7 Å². The third-order valence-corrected chi connectivity index (χ3v) is 23.9. The van der Waals surface area contributed by atoms with Crippen LogP contribution in [0.2, 0.25) is 0 Å². The molecule has 1 saturated carbocycles. The molecule has 21 nitrogen and oxygen atoms in total. The number of thiazole rings is 1. The lowest BCUT2D eigenvalue weighted by Gasteiger charge is -2.41. The van der Waals surface area contributed by atoms with E-state index in [1.54, 1.807) is 97.4 Å². The second-order valence-corrected chi connectivity index (χ2v) is 30.7. The van der Waals surface area contributed by atoms with E-state index in [1.807, 2.05) is 112 Å². The number of thioether (sulfide) groups is 1. The number of guanidine groups is 4. The van der Waals surface area contributed by atoms with Gasteiger partial charge in [-0.1, -0.05) is 60.1 Å². The van der Waals surface area contributed by atoms with Gasteiger partial charge in [-0.3, -0.25) is 58.7 Å². The Morgan fingerprint density at radius 1 is 0.495 bits per heavy atom. The van der Waals surface area contributed by atoms with Crippen LogP contribution >= 0.6 is 45.8 Å². The Labute approximate surface area is 650 Å². The van der Waals surface area contributed by atoms with Gasteiger partial charge in [0.1, 0.15) is 32.4 Å². The van der Waals surface area contributed by atoms with E-state index in [4.69, 9.17) is 32.9 Å². The number of aromatic nitrogens is 5. The third-order valence-electron chi connectivity index (χ3n) is 19.4. The molecule has 554 valence electrons. The van der Waals surface area contributed by atoms with E-state index >= 15 is 0 Å². The maximum Gasteiger partial charge on any atom is 0.266 e. The highest BCUT2D eigenvalue weighted by Crippen LogP contribution is 2.48. The predicted molar refractivity (Wildman–Crippen MR) is 435 cm³/mol. The Kier molecular flexibility index (Phi) is 23.6. The van der Waals surface area contributed by atoms with Gasteiger partial charge in [0.15, 0.2) is 23.8 Å². The van der Waals surface area contributed by atoms with E-state index in [0.717, 1.165) is 92.9 Å². The highest BCUT2D eigenvalue weighted by molar-refractivity contribution is 8.00. The van der Waals surface area contributed by atoms with Crippen LogP contribution in [-0.4, -0.2) is 138 Å². The monoisotopic (exact) mass is 1530 g/mol. The topological polar surface area (TPSA) is 299 Å².